The van der Waals surface area contributed by atoms with Crippen molar-refractivity contribution in [1.29, 1.82) is 0 Å². The molecule has 0 aromatic rings. The minimum Gasteiger partial charge on any atom is -0.347 e. The summed E-state index contributed by atoms with van der Waals surface area (Å²) in [5.74, 6) is -0.678. The molecule has 0 radical (unpaired) electrons. The Hall–Kier alpha value is -1.27. The van der Waals surface area contributed by atoms with Gasteiger partial charge in [-0.15, -0.1) is 0 Å². The van der Waals surface area contributed by atoms with E-state index in [1.165, 1.54) is 0 Å². The molecular formula is C13H21F3N2O2. The molecule has 0 aromatic carbocycles. The van der Waals surface area contributed by atoms with Crippen molar-refractivity contribution < 1.29 is 22.8 Å². The second kappa shape index (κ2) is 6.95. The van der Waals surface area contributed by atoms with Crippen LogP contribution in [-0.2, 0) is 9.59 Å². The van der Waals surface area contributed by atoms with Crippen LogP contribution in [0.25, 0.3) is 0 Å². The molecule has 0 aliphatic carbocycles. The summed E-state index contributed by atoms with van der Waals surface area (Å²) in [4.78, 5) is 25.1. The summed E-state index contributed by atoms with van der Waals surface area (Å²) in [6.45, 7) is 3.49. The van der Waals surface area contributed by atoms with Crippen molar-refractivity contribution in [3.8, 4) is 0 Å². The summed E-state index contributed by atoms with van der Waals surface area (Å²) in [6.07, 6.45) is -3.07. The van der Waals surface area contributed by atoms with E-state index in [0.717, 1.165) is 0 Å². The average molecular weight is 294 g/mol. The third-order valence-corrected chi connectivity index (χ3v) is 3.26. The molecule has 0 spiro atoms. The van der Waals surface area contributed by atoms with Crippen LogP contribution in [0.5, 0.6) is 0 Å². The maximum atomic E-state index is 12.0. The fourth-order valence-electron chi connectivity index (χ4n) is 2.20. The van der Waals surface area contributed by atoms with Gasteiger partial charge in [0.15, 0.2) is 0 Å². The maximum Gasteiger partial charge on any atom is 0.405 e. The standard InChI is InChI=1S/C13H21F3N2O2/c1-9(2)7-11(19)18-5-3-10(4-6-18)12(20)17-8-13(14,15)16/h9-10H,3-8H2,1-2H3,(H,17,20). The highest BCUT2D eigenvalue weighted by atomic mass is 19.4. The van der Waals surface area contributed by atoms with Gasteiger partial charge >= 0.3 is 6.18 Å². The Morgan fingerprint density at radius 2 is 1.80 bits per heavy atom. The SMILES string of the molecule is CC(C)CC(=O)N1CCC(C(=O)NCC(F)(F)F)CC1. The van der Waals surface area contributed by atoms with E-state index >= 15 is 0 Å². The van der Waals surface area contributed by atoms with Crippen molar-refractivity contribution in [2.45, 2.75) is 39.3 Å². The summed E-state index contributed by atoms with van der Waals surface area (Å²) >= 11 is 0. The fourth-order valence-corrected chi connectivity index (χ4v) is 2.20. The number of carbonyl (C=O) groups is 2. The molecule has 1 aliphatic rings. The van der Waals surface area contributed by atoms with E-state index in [-0.39, 0.29) is 11.8 Å². The van der Waals surface area contributed by atoms with Crippen LogP contribution >= 0.6 is 0 Å². The zero-order valence-electron chi connectivity index (χ0n) is 11.8. The van der Waals surface area contributed by atoms with Gasteiger partial charge in [-0.1, -0.05) is 13.8 Å². The molecule has 1 fully saturated rings. The largest absolute Gasteiger partial charge is 0.405 e. The van der Waals surface area contributed by atoms with Crippen molar-refractivity contribution in [3.05, 3.63) is 0 Å². The van der Waals surface area contributed by atoms with Crippen LogP contribution < -0.4 is 5.32 Å². The Bertz CT molecular complexity index is 348. The highest BCUT2D eigenvalue weighted by Crippen LogP contribution is 2.20. The number of piperidine rings is 1. The van der Waals surface area contributed by atoms with E-state index < -0.39 is 24.5 Å². The van der Waals surface area contributed by atoms with E-state index in [2.05, 4.69) is 0 Å². The van der Waals surface area contributed by atoms with Gasteiger partial charge in [-0.3, -0.25) is 9.59 Å². The number of amides is 2. The number of carbonyl (C=O) groups excluding carboxylic acids is 2. The quantitative estimate of drug-likeness (QED) is 0.861. The summed E-state index contributed by atoms with van der Waals surface area (Å²) in [5, 5.41) is 1.90. The number of nitrogens with one attached hydrogen (secondary N) is 1. The van der Waals surface area contributed by atoms with Crippen LogP contribution in [0, 0.1) is 11.8 Å². The first-order chi connectivity index (χ1) is 9.19. The molecule has 1 saturated heterocycles. The number of nitrogens with zero attached hydrogens (tertiary/aromatic N) is 1. The lowest BCUT2D eigenvalue weighted by molar-refractivity contribution is -0.143. The highest BCUT2D eigenvalue weighted by molar-refractivity contribution is 5.80. The first-order valence-corrected chi connectivity index (χ1v) is 6.81. The zero-order valence-corrected chi connectivity index (χ0v) is 11.8. The van der Waals surface area contributed by atoms with Gasteiger partial charge in [0.05, 0.1) is 0 Å². The molecule has 1 rings (SSSR count). The summed E-state index contributed by atoms with van der Waals surface area (Å²) in [5.41, 5.74) is 0. The van der Waals surface area contributed by atoms with E-state index in [0.29, 0.717) is 32.4 Å². The van der Waals surface area contributed by atoms with Gasteiger partial charge in [0.25, 0.3) is 0 Å². The molecule has 116 valence electrons. The molecule has 0 aromatic heterocycles. The monoisotopic (exact) mass is 294 g/mol. The van der Waals surface area contributed by atoms with Gasteiger partial charge < -0.3 is 10.2 Å². The van der Waals surface area contributed by atoms with E-state index in [4.69, 9.17) is 0 Å². The molecule has 0 atom stereocenters. The van der Waals surface area contributed by atoms with E-state index in [9.17, 15) is 22.8 Å². The molecule has 1 heterocycles. The number of hydrogen-bond acceptors (Lipinski definition) is 2. The predicted octanol–water partition coefficient (Wildman–Crippen LogP) is 1.95. The van der Waals surface area contributed by atoms with Crippen LogP contribution in [0.15, 0.2) is 0 Å². The number of hydrogen-bond donors (Lipinski definition) is 1. The first-order valence-electron chi connectivity index (χ1n) is 6.81. The average Bonchev–Trinajstić information content (AvgIpc) is 2.34. The minimum atomic E-state index is -4.39. The third kappa shape index (κ3) is 5.79. The molecule has 0 saturated carbocycles. The predicted molar refractivity (Wildman–Crippen MR) is 67.8 cm³/mol. The topological polar surface area (TPSA) is 49.4 Å². The lowest BCUT2D eigenvalue weighted by Gasteiger charge is -2.31. The van der Waals surface area contributed by atoms with Gasteiger partial charge in [-0.2, -0.15) is 13.2 Å². The lowest BCUT2D eigenvalue weighted by atomic mass is 9.95. The van der Waals surface area contributed by atoms with Gasteiger partial charge in [0.2, 0.25) is 11.8 Å². The Labute approximate surface area is 116 Å². The Balaban J connectivity index is 2.34. The molecule has 20 heavy (non-hydrogen) atoms. The summed E-state index contributed by atoms with van der Waals surface area (Å²) in [7, 11) is 0. The van der Waals surface area contributed by atoms with Gasteiger partial charge in [-0.25, -0.2) is 0 Å². The molecule has 1 aliphatic heterocycles. The molecule has 7 heteroatoms. The van der Waals surface area contributed by atoms with Crippen molar-refractivity contribution in [1.82, 2.24) is 10.2 Å². The van der Waals surface area contributed by atoms with Crippen LogP contribution in [0.2, 0.25) is 0 Å². The van der Waals surface area contributed by atoms with Crippen molar-refractivity contribution in [2.24, 2.45) is 11.8 Å². The Morgan fingerprint density at radius 3 is 2.25 bits per heavy atom. The summed E-state index contributed by atoms with van der Waals surface area (Å²) < 4.78 is 36.0. The van der Waals surface area contributed by atoms with Crippen LogP contribution in [-0.4, -0.2) is 42.5 Å². The molecule has 2 amide bonds. The first kappa shape index (κ1) is 16.8. The third-order valence-electron chi connectivity index (χ3n) is 3.26. The normalized spacial score (nSPS) is 17.4. The molecular weight excluding hydrogens is 273 g/mol. The Morgan fingerprint density at radius 1 is 1.25 bits per heavy atom. The van der Waals surface area contributed by atoms with Gasteiger partial charge in [-0.05, 0) is 18.8 Å². The molecule has 0 bridgehead atoms. The van der Waals surface area contributed by atoms with Crippen LogP contribution in [0.3, 0.4) is 0 Å². The van der Waals surface area contributed by atoms with Gasteiger partial charge in [0, 0.05) is 25.4 Å². The summed E-state index contributed by atoms with van der Waals surface area (Å²) in [6, 6.07) is 0. The van der Waals surface area contributed by atoms with E-state index in [1.807, 2.05) is 19.2 Å². The minimum absolute atomic E-state index is 0.0501. The fraction of sp³-hybridized carbons (Fsp3) is 0.846. The van der Waals surface area contributed by atoms with Crippen LogP contribution in [0.1, 0.15) is 33.1 Å². The van der Waals surface area contributed by atoms with Crippen molar-refractivity contribution in [2.75, 3.05) is 19.6 Å². The number of rotatable bonds is 4. The van der Waals surface area contributed by atoms with Crippen LogP contribution in [0.4, 0.5) is 13.2 Å². The number of alkyl halides is 3. The maximum absolute atomic E-state index is 12.0. The van der Waals surface area contributed by atoms with E-state index in [1.54, 1.807) is 4.90 Å². The lowest BCUT2D eigenvalue weighted by Crippen LogP contribution is -2.44. The number of likely N-dealkylation sites (tertiary alicyclic amines) is 1. The number of halogens is 3. The molecule has 4 nitrogen and oxygen atoms in total. The second-order valence-electron chi connectivity index (χ2n) is 5.59. The van der Waals surface area contributed by atoms with Crippen molar-refractivity contribution in [3.63, 3.8) is 0 Å². The van der Waals surface area contributed by atoms with Crippen molar-refractivity contribution >= 4 is 11.8 Å². The molecule has 0 unspecified atom stereocenters. The highest BCUT2D eigenvalue weighted by Gasteiger charge is 2.31. The van der Waals surface area contributed by atoms with Gasteiger partial charge in [0.1, 0.15) is 6.54 Å². The molecule has 1 N–H and O–H groups in total. The zero-order chi connectivity index (χ0) is 15.3. The Kier molecular flexibility index (Phi) is 5.83. The smallest absolute Gasteiger partial charge is 0.347 e. The second-order valence-corrected chi connectivity index (χ2v) is 5.59.